The molecule has 3 aromatic rings. The van der Waals surface area contributed by atoms with Crippen molar-refractivity contribution in [2.24, 2.45) is 0 Å². The minimum absolute atomic E-state index is 0.0230. The second-order valence-corrected chi connectivity index (χ2v) is 9.48. The molecule has 5 atom stereocenters. The summed E-state index contributed by atoms with van der Waals surface area (Å²) in [5.74, 6) is -2.15. The number of ether oxygens (including phenoxy) is 2. The first-order valence-electron chi connectivity index (χ1n) is 9.95. The quantitative estimate of drug-likeness (QED) is 0.440. The molecule has 2 heterocycles. The van der Waals surface area contributed by atoms with Crippen molar-refractivity contribution in [2.45, 2.75) is 35.6 Å². The molecule has 1 aliphatic rings. The predicted molar refractivity (Wildman–Crippen MR) is 122 cm³/mol. The summed E-state index contributed by atoms with van der Waals surface area (Å²) in [6, 6.07) is 6.55. The minimum atomic E-state index is -1.41. The molecule has 0 bridgehead atoms. The zero-order chi connectivity index (χ0) is 24.6. The molecule has 0 radical (unpaired) electrons. The van der Waals surface area contributed by atoms with Gasteiger partial charge in [0, 0.05) is 11.8 Å². The Kier molecular flexibility index (Phi) is 7.68. The van der Waals surface area contributed by atoms with E-state index in [-0.39, 0.29) is 32.9 Å². The van der Waals surface area contributed by atoms with Crippen molar-refractivity contribution in [3.05, 3.63) is 74.3 Å². The van der Waals surface area contributed by atoms with Gasteiger partial charge in [-0.2, -0.15) is 0 Å². The minimum Gasteiger partial charge on any atom is -0.462 e. The molecule has 1 aliphatic heterocycles. The topological polar surface area (TPSA) is 109 Å². The molecule has 0 aliphatic carbocycles. The molecule has 0 spiro atoms. The molecule has 1 aromatic heterocycles. The Hall–Kier alpha value is -1.92. The Balaban J connectivity index is 1.59. The van der Waals surface area contributed by atoms with E-state index >= 15 is 0 Å². The molecule has 2 aromatic carbocycles. The summed E-state index contributed by atoms with van der Waals surface area (Å²) in [5.41, 5.74) is -0.751. The van der Waals surface area contributed by atoms with E-state index in [1.165, 1.54) is 24.3 Å². The summed E-state index contributed by atoms with van der Waals surface area (Å²) < 4.78 is 43.7. The molecule has 3 N–H and O–H groups in total. The lowest BCUT2D eigenvalue weighted by Gasteiger charge is -2.41. The Bertz CT molecular complexity index is 1260. The third kappa shape index (κ3) is 4.90. The smallest absolute Gasteiger partial charge is 0.340 e. The van der Waals surface area contributed by atoms with Gasteiger partial charge in [-0.1, -0.05) is 29.3 Å². The zero-order valence-corrected chi connectivity index (χ0v) is 19.5. The first kappa shape index (κ1) is 25.2. The number of fused-ring (bicyclic) bond motifs is 1. The van der Waals surface area contributed by atoms with Crippen molar-refractivity contribution < 1.29 is 38.0 Å². The molecule has 12 heteroatoms. The van der Waals surface area contributed by atoms with Crippen LogP contribution in [0.3, 0.4) is 0 Å². The maximum Gasteiger partial charge on any atom is 0.340 e. The first-order valence-corrected chi connectivity index (χ1v) is 11.8. The number of aliphatic hydroxyl groups excluding tert-OH is 3. The van der Waals surface area contributed by atoms with E-state index in [2.05, 4.69) is 0 Å². The number of aliphatic hydroxyl groups is 3. The maximum absolute atomic E-state index is 14.1. The van der Waals surface area contributed by atoms with Crippen LogP contribution in [0.5, 0.6) is 5.75 Å². The summed E-state index contributed by atoms with van der Waals surface area (Å²) >= 11 is 12.8. The van der Waals surface area contributed by atoms with Crippen LogP contribution in [0.15, 0.2) is 45.8 Å². The summed E-state index contributed by atoms with van der Waals surface area (Å²) in [4.78, 5) is 12.3. The van der Waals surface area contributed by atoms with Crippen molar-refractivity contribution in [1.29, 1.82) is 0 Å². The number of halogens is 4. The number of hydrogen-bond acceptors (Lipinski definition) is 8. The number of hydrogen-bond donors (Lipinski definition) is 3. The van der Waals surface area contributed by atoms with Gasteiger partial charge in [0.25, 0.3) is 0 Å². The molecule has 4 rings (SSSR count). The van der Waals surface area contributed by atoms with E-state index < -0.39 is 53.7 Å². The van der Waals surface area contributed by atoms with E-state index in [1.54, 1.807) is 0 Å². The van der Waals surface area contributed by atoms with Gasteiger partial charge in [0.05, 0.1) is 39.0 Å². The molecular formula is C22H18Cl2F2O7S. The van der Waals surface area contributed by atoms with Crippen LogP contribution in [0.2, 0.25) is 10.0 Å². The third-order valence-electron chi connectivity index (χ3n) is 5.37. The Morgan fingerprint density at radius 3 is 2.53 bits per heavy atom. The highest BCUT2D eigenvalue weighted by atomic mass is 35.5. The predicted octanol–water partition coefficient (Wildman–Crippen LogP) is 3.50. The summed E-state index contributed by atoms with van der Waals surface area (Å²) in [7, 11) is 0. The fourth-order valence-corrected chi connectivity index (χ4v) is 5.20. The molecule has 0 amide bonds. The summed E-state index contributed by atoms with van der Waals surface area (Å²) in [6.07, 6.45) is -4.32. The lowest BCUT2D eigenvalue weighted by molar-refractivity contribution is -0.237. The average Bonchev–Trinajstić information content (AvgIpc) is 2.81. The number of rotatable bonds is 6. The molecule has 182 valence electrons. The highest BCUT2D eigenvalue weighted by Gasteiger charge is 2.46. The molecule has 7 nitrogen and oxygen atoms in total. The standard InChI is InChI=1S/C22H18Cl2F2O7S/c23-13-3-1-9(5-14(13)24)32-22-19(29)20(18(28)16(6-27)33-22)34-8-12-10-2-4-15(25)17(26)11(10)7-31-21(12)30/h1-5,7,16,18-20,22,27-29H,6,8H2/t16-,18+,19-,20+,22+/m1/s1. The second-order valence-electron chi connectivity index (χ2n) is 7.50. The monoisotopic (exact) mass is 534 g/mol. The van der Waals surface area contributed by atoms with Crippen LogP contribution < -0.4 is 10.4 Å². The lowest BCUT2D eigenvalue weighted by atomic mass is 10.0. The fourth-order valence-electron chi connectivity index (χ4n) is 3.59. The van der Waals surface area contributed by atoms with Gasteiger partial charge in [0.1, 0.15) is 24.2 Å². The average molecular weight is 535 g/mol. The fraction of sp³-hybridized carbons (Fsp3) is 0.318. The maximum atomic E-state index is 14.1. The van der Waals surface area contributed by atoms with Crippen LogP contribution in [-0.4, -0.2) is 51.8 Å². The van der Waals surface area contributed by atoms with Crippen molar-refractivity contribution in [1.82, 2.24) is 0 Å². The summed E-state index contributed by atoms with van der Waals surface area (Å²) in [5, 5.41) is 30.6. The molecule has 1 fully saturated rings. The van der Waals surface area contributed by atoms with Crippen LogP contribution in [0.4, 0.5) is 8.78 Å². The van der Waals surface area contributed by atoms with Gasteiger partial charge < -0.3 is 29.2 Å². The van der Waals surface area contributed by atoms with Crippen LogP contribution >= 0.6 is 35.0 Å². The molecule has 0 saturated carbocycles. The van der Waals surface area contributed by atoms with Crippen molar-refractivity contribution in [3.63, 3.8) is 0 Å². The molecule has 1 saturated heterocycles. The SMILES string of the molecule is O=c1occ2c(F)c(F)ccc2c1CS[C@H]1[C@@H](O)[C@@H](CO)O[C@H](Oc2ccc(Cl)c(Cl)c2)[C@@H]1O. The second kappa shape index (κ2) is 10.4. The van der Waals surface area contributed by atoms with Gasteiger partial charge in [-0.15, -0.1) is 11.8 Å². The highest BCUT2D eigenvalue weighted by molar-refractivity contribution is 7.99. The number of benzene rings is 2. The first-order chi connectivity index (χ1) is 16.2. The normalized spacial score (nSPS) is 25.0. The van der Waals surface area contributed by atoms with Gasteiger partial charge >= 0.3 is 5.63 Å². The number of thioether (sulfide) groups is 1. The largest absolute Gasteiger partial charge is 0.462 e. The van der Waals surface area contributed by atoms with Crippen molar-refractivity contribution >= 4 is 45.7 Å². The van der Waals surface area contributed by atoms with Gasteiger partial charge in [-0.25, -0.2) is 13.6 Å². The van der Waals surface area contributed by atoms with E-state index in [0.717, 1.165) is 24.1 Å². The van der Waals surface area contributed by atoms with Crippen molar-refractivity contribution in [3.8, 4) is 5.75 Å². The van der Waals surface area contributed by atoms with Crippen LogP contribution in [-0.2, 0) is 10.5 Å². The van der Waals surface area contributed by atoms with Gasteiger partial charge in [-0.3, -0.25) is 0 Å². The van der Waals surface area contributed by atoms with E-state index in [4.69, 9.17) is 37.1 Å². The molecular weight excluding hydrogens is 517 g/mol. The Labute approximate surface area is 205 Å². The van der Waals surface area contributed by atoms with E-state index in [1.807, 2.05) is 0 Å². The summed E-state index contributed by atoms with van der Waals surface area (Å²) in [6.45, 7) is -0.576. The third-order valence-corrected chi connectivity index (χ3v) is 7.51. The van der Waals surface area contributed by atoms with E-state index in [9.17, 15) is 28.9 Å². The van der Waals surface area contributed by atoms with Gasteiger partial charge in [-0.05, 0) is 23.6 Å². The van der Waals surface area contributed by atoms with Crippen LogP contribution in [0, 0.1) is 11.6 Å². The van der Waals surface area contributed by atoms with E-state index in [0.29, 0.717) is 5.02 Å². The molecule has 34 heavy (non-hydrogen) atoms. The Morgan fingerprint density at radius 2 is 1.82 bits per heavy atom. The lowest BCUT2D eigenvalue weighted by Crippen LogP contribution is -2.58. The van der Waals surface area contributed by atoms with Gasteiger partial charge in [0.15, 0.2) is 11.6 Å². The highest BCUT2D eigenvalue weighted by Crippen LogP contribution is 2.35. The molecule has 0 unspecified atom stereocenters. The van der Waals surface area contributed by atoms with Gasteiger partial charge in [0.2, 0.25) is 6.29 Å². The van der Waals surface area contributed by atoms with Crippen LogP contribution in [0.25, 0.3) is 10.8 Å². The van der Waals surface area contributed by atoms with Crippen molar-refractivity contribution in [2.75, 3.05) is 6.61 Å². The van der Waals surface area contributed by atoms with Crippen LogP contribution in [0.1, 0.15) is 5.56 Å². The Morgan fingerprint density at radius 1 is 1.06 bits per heavy atom. The zero-order valence-electron chi connectivity index (χ0n) is 17.2.